The molecule has 1 aliphatic carbocycles. The van der Waals surface area contributed by atoms with Gasteiger partial charge in [0.25, 0.3) is 0 Å². The summed E-state index contributed by atoms with van der Waals surface area (Å²) in [5.41, 5.74) is 0.823. The van der Waals surface area contributed by atoms with Crippen molar-refractivity contribution in [2.45, 2.75) is 45.2 Å². The lowest BCUT2D eigenvalue weighted by atomic mass is 9.86. The number of H-pyrrole nitrogens is 1. The summed E-state index contributed by atoms with van der Waals surface area (Å²) in [7, 11) is 3.55. The Morgan fingerprint density at radius 2 is 1.77 bits per heavy atom. The molecule has 1 saturated heterocycles. The second kappa shape index (κ2) is 16.7. The first-order chi connectivity index (χ1) is 25.5. The van der Waals surface area contributed by atoms with Crippen molar-refractivity contribution < 1.29 is 36.6 Å². The molecular formula is C37H46F4N8O4. The highest BCUT2D eigenvalue weighted by Crippen LogP contribution is 2.41. The molecular weight excluding hydrogens is 696 g/mol. The van der Waals surface area contributed by atoms with Crippen LogP contribution in [0.4, 0.5) is 29.1 Å². The molecule has 0 unspecified atom stereocenters. The van der Waals surface area contributed by atoms with Crippen molar-refractivity contribution in [3.8, 4) is 22.8 Å². The van der Waals surface area contributed by atoms with Gasteiger partial charge < -0.3 is 29.0 Å². The molecule has 1 N–H and O–H groups in total. The fourth-order valence-corrected chi connectivity index (χ4v) is 7.23. The van der Waals surface area contributed by atoms with Crippen molar-refractivity contribution in [3.63, 3.8) is 0 Å². The number of anilines is 2. The summed E-state index contributed by atoms with van der Waals surface area (Å²) in [6.45, 7) is 7.91. The van der Waals surface area contributed by atoms with Crippen molar-refractivity contribution >= 4 is 28.6 Å². The molecule has 12 nitrogen and oxygen atoms in total. The largest absolute Gasteiger partial charge is 0.466 e. The zero-order chi connectivity index (χ0) is 37.6. The number of nitrogens with zero attached hydrogens (tertiary/aromatic N) is 7. The Morgan fingerprint density at radius 3 is 2.45 bits per heavy atom. The number of alkyl halides is 3. The number of rotatable bonds is 15. The Balaban J connectivity index is 1.27. The number of nitrogens with one attached hydrogen (secondary N) is 1. The Hall–Kier alpha value is -4.41. The van der Waals surface area contributed by atoms with Crippen molar-refractivity contribution in [1.29, 1.82) is 0 Å². The molecule has 286 valence electrons. The molecule has 3 aromatic heterocycles. The summed E-state index contributed by atoms with van der Waals surface area (Å²) in [6, 6.07) is 4.10. The number of imidazole rings is 1. The van der Waals surface area contributed by atoms with Gasteiger partial charge in [-0.25, -0.2) is 24.3 Å². The van der Waals surface area contributed by atoms with E-state index < -0.39 is 17.6 Å². The summed E-state index contributed by atoms with van der Waals surface area (Å²) in [5.74, 6) is -0.119. The first kappa shape index (κ1) is 38.3. The quantitative estimate of drug-likeness (QED) is 0.0881. The van der Waals surface area contributed by atoms with Gasteiger partial charge in [0.2, 0.25) is 0 Å². The normalized spacial score (nSPS) is 16.4. The Morgan fingerprint density at radius 1 is 1.00 bits per heavy atom. The summed E-state index contributed by atoms with van der Waals surface area (Å²) < 4.78 is 71.9. The van der Waals surface area contributed by atoms with Gasteiger partial charge in [-0.05, 0) is 44.0 Å². The predicted octanol–water partition coefficient (Wildman–Crippen LogP) is 5.97. The van der Waals surface area contributed by atoms with E-state index in [4.69, 9.17) is 19.2 Å². The number of piperazine rings is 1. The minimum absolute atomic E-state index is 0.0120. The van der Waals surface area contributed by atoms with Gasteiger partial charge in [-0.2, -0.15) is 13.2 Å². The molecule has 1 aliphatic heterocycles. The van der Waals surface area contributed by atoms with E-state index in [0.29, 0.717) is 80.5 Å². The molecule has 0 radical (unpaired) electrons. The van der Waals surface area contributed by atoms with Crippen LogP contribution in [-0.4, -0.2) is 116 Å². The van der Waals surface area contributed by atoms with Crippen LogP contribution in [0.3, 0.4) is 0 Å². The Kier molecular flexibility index (Phi) is 12.1. The van der Waals surface area contributed by atoms with Crippen LogP contribution in [0, 0.1) is 11.2 Å². The number of aromatic amines is 1. The van der Waals surface area contributed by atoms with Crippen molar-refractivity contribution in [2.75, 3.05) is 89.7 Å². The second-order valence-electron chi connectivity index (χ2n) is 13.8. The van der Waals surface area contributed by atoms with Crippen LogP contribution in [0.25, 0.3) is 33.9 Å². The smallest absolute Gasteiger partial charge is 0.416 e. The molecule has 4 aromatic rings. The molecule has 2 aliphatic rings. The lowest BCUT2D eigenvalue weighted by molar-refractivity contribution is -0.143. The van der Waals surface area contributed by atoms with E-state index in [2.05, 4.69) is 29.7 Å². The van der Waals surface area contributed by atoms with Crippen LogP contribution in [0.15, 0.2) is 36.7 Å². The van der Waals surface area contributed by atoms with E-state index in [1.165, 1.54) is 0 Å². The molecule has 6 rings (SSSR count). The minimum Gasteiger partial charge on any atom is -0.466 e. The molecule has 53 heavy (non-hydrogen) atoms. The fourth-order valence-electron chi connectivity index (χ4n) is 7.23. The third kappa shape index (κ3) is 9.40. The third-order valence-electron chi connectivity index (χ3n) is 9.96. The van der Waals surface area contributed by atoms with Gasteiger partial charge in [-0.3, -0.25) is 9.69 Å². The van der Waals surface area contributed by atoms with Crippen LogP contribution in [0.5, 0.6) is 0 Å². The van der Waals surface area contributed by atoms with E-state index >= 15 is 0 Å². The number of ether oxygens (including phenoxy) is 3. The van der Waals surface area contributed by atoms with Crippen molar-refractivity contribution in [1.82, 2.24) is 29.8 Å². The predicted molar refractivity (Wildman–Crippen MR) is 192 cm³/mol. The molecule has 1 aromatic carbocycles. The van der Waals surface area contributed by atoms with E-state index in [1.807, 2.05) is 11.9 Å². The van der Waals surface area contributed by atoms with E-state index in [9.17, 15) is 22.4 Å². The Bertz CT molecular complexity index is 1840. The average Bonchev–Trinajstić information content (AvgIpc) is 3.79. The monoisotopic (exact) mass is 742 g/mol. The molecule has 2 fully saturated rings. The van der Waals surface area contributed by atoms with Gasteiger partial charge in [0.05, 0.1) is 62.2 Å². The number of halogens is 4. The van der Waals surface area contributed by atoms with Crippen LogP contribution < -0.4 is 9.80 Å². The highest BCUT2D eigenvalue weighted by molar-refractivity contribution is 5.91. The maximum atomic E-state index is 14.6. The third-order valence-corrected chi connectivity index (χ3v) is 9.96. The van der Waals surface area contributed by atoms with Gasteiger partial charge in [-0.15, -0.1) is 0 Å². The highest BCUT2D eigenvalue weighted by Gasteiger charge is 2.36. The van der Waals surface area contributed by atoms with Crippen molar-refractivity contribution in [3.05, 3.63) is 48.0 Å². The number of esters is 1. The van der Waals surface area contributed by atoms with Crippen LogP contribution in [0.1, 0.15) is 44.6 Å². The molecule has 0 amide bonds. The van der Waals surface area contributed by atoms with Gasteiger partial charge in [-0.1, -0.05) is 12.8 Å². The lowest BCUT2D eigenvalue weighted by Gasteiger charge is -2.35. The molecule has 0 atom stereocenters. The van der Waals surface area contributed by atoms with E-state index in [-0.39, 0.29) is 28.3 Å². The van der Waals surface area contributed by atoms with Gasteiger partial charge in [0.1, 0.15) is 22.8 Å². The van der Waals surface area contributed by atoms with Gasteiger partial charge in [0.15, 0.2) is 11.5 Å². The number of carbonyl (C=O) groups is 1. The van der Waals surface area contributed by atoms with E-state index in [0.717, 1.165) is 64.0 Å². The second-order valence-corrected chi connectivity index (χ2v) is 13.8. The number of hydrogen-bond acceptors (Lipinski definition) is 11. The summed E-state index contributed by atoms with van der Waals surface area (Å²) >= 11 is 0. The number of aromatic nitrogens is 5. The number of methoxy groups -OCH3 is 1. The molecule has 4 heterocycles. The summed E-state index contributed by atoms with van der Waals surface area (Å²) in [4.78, 5) is 40.1. The van der Waals surface area contributed by atoms with E-state index in [1.54, 1.807) is 32.5 Å². The fraction of sp³-hybridized carbons (Fsp3) is 0.541. The van der Waals surface area contributed by atoms with Crippen LogP contribution in [-0.2, 0) is 25.2 Å². The number of hydrogen-bond donors (Lipinski definition) is 1. The summed E-state index contributed by atoms with van der Waals surface area (Å²) in [5, 5.41) is 0. The molecule has 0 spiro atoms. The van der Waals surface area contributed by atoms with Crippen molar-refractivity contribution in [2.24, 2.45) is 5.41 Å². The van der Waals surface area contributed by atoms with Crippen LogP contribution in [0.2, 0.25) is 0 Å². The molecule has 1 saturated carbocycles. The van der Waals surface area contributed by atoms with Crippen LogP contribution >= 0.6 is 0 Å². The first-order valence-electron chi connectivity index (χ1n) is 18.0. The molecule has 16 heteroatoms. The average molecular weight is 743 g/mol. The topological polar surface area (TPSA) is 122 Å². The Labute approximate surface area is 305 Å². The number of carbonyl (C=O) groups excluding carboxylic acids is 1. The maximum Gasteiger partial charge on any atom is 0.416 e. The number of benzene rings is 1. The number of fused-ring (bicyclic) bond motifs is 1. The summed E-state index contributed by atoms with van der Waals surface area (Å²) in [6.07, 6.45) is 2.98. The minimum atomic E-state index is -4.74. The molecule has 0 bridgehead atoms. The zero-order valence-electron chi connectivity index (χ0n) is 30.3. The number of pyridine rings is 1. The van der Waals surface area contributed by atoms with Gasteiger partial charge >= 0.3 is 12.1 Å². The maximum absolute atomic E-state index is 14.6. The zero-order valence-corrected chi connectivity index (χ0v) is 30.3. The standard InChI is InChI=1S/C37H46F4N8O4/c1-4-53-32(50)7-10-48-11-13-49(14-12-48)31-22-42-29(21-43-31)34-45-33-30(47(2)23-36(8-5-6-9-36)24-52-16-15-51-3)20-28(44-35(33)46-34)25-17-26(37(39,40)41)19-27(38)18-25/h17-22H,4-16,23-24H2,1-3H3,(H,44,45,46). The highest BCUT2D eigenvalue weighted by atomic mass is 19.4. The lowest BCUT2D eigenvalue weighted by Crippen LogP contribution is -2.47. The first-order valence-corrected chi connectivity index (χ1v) is 18.0. The SMILES string of the molecule is CCOC(=O)CCN1CCN(c2cnc(-c3nc4nc(-c5cc(F)cc(C(F)(F)F)c5)cc(N(C)CC5(COCCOC)CCCC5)c4[nH]3)cn2)CC1. The van der Waals surface area contributed by atoms with Gasteiger partial charge in [0, 0.05) is 64.4 Å².